The Bertz CT molecular complexity index is 752. The molecule has 2 aromatic rings. The molecule has 8 heteroatoms. The Kier molecular flexibility index (Phi) is 4.40. The number of aliphatic carboxylic acids is 1. The predicted octanol–water partition coefficient (Wildman–Crippen LogP) is -0.334. The normalized spacial score (nSPS) is 10.2. The van der Waals surface area contributed by atoms with E-state index in [2.05, 4.69) is 10.3 Å². The molecule has 1 amide bonds. The molecular weight excluding hydrogens is 290 g/mol. The lowest BCUT2D eigenvalue weighted by Gasteiger charge is -2.11. The summed E-state index contributed by atoms with van der Waals surface area (Å²) in [4.78, 5) is 26.0. The van der Waals surface area contributed by atoms with Gasteiger partial charge in [0.1, 0.15) is 26.0 Å². The third kappa shape index (κ3) is 3.22. The van der Waals surface area contributed by atoms with Crippen LogP contribution < -0.4 is 10.8 Å². The number of hydrogen-bond donors (Lipinski definition) is 3. The first-order valence-electron chi connectivity index (χ1n) is 6.34. The summed E-state index contributed by atoms with van der Waals surface area (Å²) in [5.74, 6) is -2.81. The maximum atomic E-state index is 13.3. The number of carboxylic acids is 1. The van der Waals surface area contributed by atoms with E-state index in [0.717, 1.165) is 0 Å². The summed E-state index contributed by atoms with van der Waals surface area (Å²) in [6.45, 7) is -0.579. The highest BCUT2D eigenvalue weighted by Gasteiger charge is 2.18. The fourth-order valence-electron chi connectivity index (χ4n) is 1.95. The summed E-state index contributed by atoms with van der Waals surface area (Å²) in [5, 5.41) is 20.7. The first-order chi connectivity index (χ1) is 10.4. The van der Waals surface area contributed by atoms with E-state index in [9.17, 15) is 19.1 Å². The molecule has 2 rings (SSSR count). The zero-order chi connectivity index (χ0) is 16.3. The Balaban J connectivity index is 2.37. The minimum absolute atomic E-state index is 0.279. The predicted molar refractivity (Wildman–Crippen MR) is 79.4 cm³/mol. The summed E-state index contributed by atoms with van der Waals surface area (Å²) in [6, 6.07) is 5.75. The fourth-order valence-corrected chi connectivity index (χ4v) is 1.95. The number of aromatic hydroxyl groups is 1. The van der Waals surface area contributed by atoms with Crippen molar-refractivity contribution < 1.29 is 24.2 Å². The number of nitrogens with zero attached hydrogens (tertiary/aromatic N) is 1. The smallest absolute Gasteiger partial charge is 0.322 e. The van der Waals surface area contributed by atoms with Gasteiger partial charge >= 0.3 is 5.97 Å². The average Bonchev–Trinajstić information content (AvgIpc) is 2.47. The number of pyridine rings is 1. The van der Waals surface area contributed by atoms with E-state index in [0.29, 0.717) is 16.6 Å². The van der Waals surface area contributed by atoms with E-state index in [1.54, 1.807) is 13.9 Å². The lowest BCUT2D eigenvalue weighted by molar-refractivity contribution is -0.135. The number of halogens is 1. The Labute approximate surface area is 126 Å². The Hall–Kier alpha value is -2.90. The number of carboxylic acid groups (broad SMARTS) is 1. The van der Waals surface area contributed by atoms with Crippen molar-refractivity contribution >= 4 is 25.2 Å². The van der Waals surface area contributed by atoms with Crippen LogP contribution in [-0.4, -0.2) is 41.5 Å². The third-order valence-electron chi connectivity index (χ3n) is 3.06. The second-order valence-electron chi connectivity index (χ2n) is 4.58. The maximum Gasteiger partial charge on any atom is 0.322 e. The molecule has 0 saturated heterocycles. The topological polar surface area (TPSA) is 99.5 Å². The number of aromatic nitrogens is 1. The molecule has 112 valence electrons. The van der Waals surface area contributed by atoms with E-state index in [1.165, 1.54) is 24.4 Å². The van der Waals surface area contributed by atoms with Crippen molar-refractivity contribution in [1.29, 1.82) is 0 Å². The van der Waals surface area contributed by atoms with Crippen LogP contribution in [0.2, 0.25) is 0 Å². The monoisotopic (exact) mass is 302 g/mol. The van der Waals surface area contributed by atoms with Gasteiger partial charge in [-0.25, -0.2) is 9.37 Å². The zero-order valence-corrected chi connectivity index (χ0v) is 11.6. The molecule has 1 heterocycles. The molecule has 3 N–H and O–H groups in total. The standard InChI is InChI=1S/C14H12BFN2O4/c15-11-9(7-2-1-3-8(16)4-7)5-17-12(13(11)21)14(22)18-6-10(19)20/h1-5,21H,6,15H2,(H,18,22)(H,19,20). The zero-order valence-electron chi connectivity index (χ0n) is 11.6. The van der Waals surface area contributed by atoms with Crippen LogP contribution in [0.1, 0.15) is 10.5 Å². The van der Waals surface area contributed by atoms with Crippen molar-refractivity contribution in [2.75, 3.05) is 6.54 Å². The van der Waals surface area contributed by atoms with E-state index in [-0.39, 0.29) is 11.4 Å². The Morgan fingerprint density at radius 2 is 2.09 bits per heavy atom. The molecule has 1 aromatic heterocycles. The van der Waals surface area contributed by atoms with Gasteiger partial charge in [-0.3, -0.25) is 9.59 Å². The first kappa shape index (κ1) is 15.5. The maximum absolute atomic E-state index is 13.3. The second kappa shape index (κ2) is 6.25. The number of hydrogen-bond acceptors (Lipinski definition) is 4. The largest absolute Gasteiger partial charge is 0.506 e. The quantitative estimate of drug-likeness (QED) is 0.671. The molecule has 0 atom stereocenters. The molecule has 0 fully saturated rings. The van der Waals surface area contributed by atoms with Crippen LogP contribution in [0.25, 0.3) is 11.1 Å². The molecule has 0 aliphatic heterocycles. The highest BCUT2D eigenvalue weighted by atomic mass is 19.1. The Morgan fingerprint density at radius 3 is 2.73 bits per heavy atom. The van der Waals surface area contributed by atoms with Crippen LogP contribution >= 0.6 is 0 Å². The molecule has 6 nitrogen and oxygen atoms in total. The van der Waals surface area contributed by atoms with Gasteiger partial charge in [-0.2, -0.15) is 0 Å². The molecule has 1 aromatic carbocycles. The van der Waals surface area contributed by atoms with Gasteiger partial charge in [0.15, 0.2) is 5.69 Å². The van der Waals surface area contributed by atoms with Crippen molar-refractivity contribution in [2.45, 2.75) is 0 Å². The van der Waals surface area contributed by atoms with Crippen molar-refractivity contribution in [1.82, 2.24) is 10.3 Å². The number of rotatable bonds is 4. The molecule has 0 aliphatic rings. The van der Waals surface area contributed by atoms with E-state index in [1.807, 2.05) is 0 Å². The molecule has 0 radical (unpaired) electrons. The number of carbonyl (C=O) groups excluding carboxylic acids is 1. The summed E-state index contributed by atoms with van der Waals surface area (Å²) in [5.41, 5.74) is 1.06. The highest BCUT2D eigenvalue weighted by Crippen LogP contribution is 2.22. The number of amides is 1. The summed E-state index contributed by atoms with van der Waals surface area (Å²) >= 11 is 0. The number of carbonyl (C=O) groups is 2. The lowest BCUT2D eigenvalue weighted by atomic mass is 9.86. The van der Waals surface area contributed by atoms with Gasteiger partial charge in [0, 0.05) is 6.20 Å². The second-order valence-corrected chi connectivity index (χ2v) is 4.58. The molecular formula is C14H12BFN2O4. The van der Waals surface area contributed by atoms with Crippen molar-refractivity contribution in [3.8, 4) is 16.9 Å². The van der Waals surface area contributed by atoms with Gasteiger partial charge in [0.05, 0.1) is 0 Å². The summed E-state index contributed by atoms with van der Waals surface area (Å²) in [7, 11) is 1.56. The van der Waals surface area contributed by atoms with Crippen LogP contribution in [0.3, 0.4) is 0 Å². The molecule has 0 bridgehead atoms. The fraction of sp³-hybridized carbons (Fsp3) is 0.0714. The van der Waals surface area contributed by atoms with E-state index in [4.69, 9.17) is 5.11 Å². The van der Waals surface area contributed by atoms with Gasteiger partial charge in [0.25, 0.3) is 5.91 Å². The Morgan fingerprint density at radius 1 is 1.36 bits per heavy atom. The minimum Gasteiger partial charge on any atom is -0.506 e. The average molecular weight is 302 g/mol. The molecule has 0 aliphatic carbocycles. The van der Waals surface area contributed by atoms with E-state index < -0.39 is 24.2 Å². The summed E-state index contributed by atoms with van der Waals surface area (Å²) in [6.07, 6.45) is 1.33. The number of nitrogens with one attached hydrogen (secondary N) is 1. The van der Waals surface area contributed by atoms with Crippen LogP contribution in [0, 0.1) is 5.82 Å². The lowest BCUT2D eigenvalue weighted by Crippen LogP contribution is -2.31. The van der Waals surface area contributed by atoms with Gasteiger partial charge in [-0.05, 0) is 28.7 Å². The number of benzene rings is 1. The van der Waals surface area contributed by atoms with Crippen molar-refractivity contribution in [3.05, 3.63) is 42.0 Å². The van der Waals surface area contributed by atoms with Crippen LogP contribution in [0.5, 0.6) is 5.75 Å². The van der Waals surface area contributed by atoms with Crippen LogP contribution in [-0.2, 0) is 4.79 Å². The molecule has 0 unspecified atom stereocenters. The summed E-state index contributed by atoms with van der Waals surface area (Å²) < 4.78 is 13.3. The van der Waals surface area contributed by atoms with Crippen LogP contribution in [0.4, 0.5) is 4.39 Å². The minimum atomic E-state index is -1.21. The highest BCUT2D eigenvalue weighted by molar-refractivity contribution is 6.38. The van der Waals surface area contributed by atoms with Gasteiger partial charge < -0.3 is 15.5 Å². The van der Waals surface area contributed by atoms with Crippen LogP contribution in [0.15, 0.2) is 30.5 Å². The van der Waals surface area contributed by atoms with Gasteiger partial charge in [-0.1, -0.05) is 12.1 Å². The van der Waals surface area contributed by atoms with E-state index >= 15 is 0 Å². The van der Waals surface area contributed by atoms with Gasteiger partial charge in [0.2, 0.25) is 0 Å². The van der Waals surface area contributed by atoms with Gasteiger partial charge in [-0.15, -0.1) is 0 Å². The first-order valence-corrected chi connectivity index (χ1v) is 6.34. The SMILES string of the molecule is Bc1c(-c2cccc(F)c2)cnc(C(=O)NCC(=O)O)c1O. The van der Waals surface area contributed by atoms with Crippen molar-refractivity contribution in [3.63, 3.8) is 0 Å². The molecule has 22 heavy (non-hydrogen) atoms. The molecule has 0 saturated carbocycles. The molecule has 0 spiro atoms. The third-order valence-corrected chi connectivity index (χ3v) is 3.06. The van der Waals surface area contributed by atoms with Crippen molar-refractivity contribution in [2.24, 2.45) is 0 Å².